The summed E-state index contributed by atoms with van der Waals surface area (Å²) in [5, 5.41) is 11.5. The molecule has 1 heterocycles. The molecule has 1 aliphatic heterocycles. The Bertz CT molecular complexity index is 603. The zero-order valence-electron chi connectivity index (χ0n) is 18.3. The maximum absolute atomic E-state index is 11.5. The van der Waals surface area contributed by atoms with Gasteiger partial charge in [-0.2, -0.15) is 0 Å². The lowest BCUT2D eigenvalue weighted by molar-refractivity contribution is -0.933. The lowest BCUT2D eigenvalue weighted by Gasteiger charge is -2.59. The third-order valence-electron chi connectivity index (χ3n) is 11.1. The summed E-state index contributed by atoms with van der Waals surface area (Å²) >= 11 is 0. The van der Waals surface area contributed by atoms with Gasteiger partial charge in [-0.3, -0.25) is 0 Å². The lowest BCUT2D eigenvalue weighted by Crippen LogP contribution is -2.57. The number of fused-ring (bicyclic) bond motifs is 6. The lowest BCUT2D eigenvalue weighted by atomic mass is 9.45. The molecule has 154 valence electrons. The van der Waals surface area contributed by atoms with Crippen molar-refractivity contribution in [1.82, 2.24) is 0 Å². The first-order valence-electron chi connectivity index (χ1n) is 11.9. The van der Waals surface area contributed by atoms with Gasteiger partial charge in [-0.05, 0) is 81.5 Å². The van der Waals surface area contributed by atoms with Crippen LogP contribution in [0, 0.1) is 34.5 Å². The Morgan fingerprint density at radius 2 is 1.70 bits per heavy atom. The van der Waals surface area contributed by atoms with E-state index >= 15 is 0 Å². The molecule has 4 saturated carbocycles. The smallest absolute Gasteiger partial charge is 0.116 e. The highest BCUT2D eigenvalue weighted by molar-refractivity contribution is 5.14. The van der Waals surface area contributed by atoms with E-state index in [4.69, 9.17) is 4.74 Å². The largest absolute Gasteiger partial charge is 0.386 e. The van der Waals surface area contributed by atoms with E-state index in [-0.39, 0.29) is 11.5 Å². The topological polar surface area (TPSA) is 32.8 Å². The van der Waals surface area contributed by atoms with Gasteiger partial charge in [0.1, 0.15) is 12.1 Å². The molecule has 0 aromatic carbocycles. The second kappa shape index (κ2) is 5.95. The number of likely N-dealkylation sites (N-methyl/N-ethyl adjacent to an activating group) is 1. The van der Waals surface area contributed by atoms with Gasteiger partial charge in [-0.15, -0.1) is 0 Å². The van der Waals surface area contributed by atoms with E-state index in [1.54, 1.807) is 0 Å². The van der Waals surface area contributed by atoms with Crippen molar-refractivity contribution in [1.29, 1.82) is 0 Å². The molecule has 10 atom stereocenters. The maximum Gasteiger partial charge on any atom is 0.116 e. The van der Waals surface area contributed by atoms with Crippen LogP contribution in [0.25, 0.3) is 0 Å². The molecule has 0 unspecified atom stereocenters. The number of aliphatic hydroxyl groups excluding tert-OH is 1. The molecule has 0 aromatic heterocycles. The van der Waals surface area contributed by atoms with Crippen LogP contribution in [0.2, 0.25) is 0 Å². The number of nitrogens with zero attached hydrogens (tertiary/aromatic N) is 1. The predicted molar refractivity (Wildman–Crippen MR) is 108 cm³/mol. The van der Waals surface area contributed by atoms with Gasteiger partial charge in [0.2, 0.25) is 0 Å². The molecule has 0 aromatic rings. The van der Waals surface area contributed by atoms with Crippen LogP contribution in [0.15, 0.2) is 0 Å². The molecule has 0 bridgehead atoms. The van der Waals surface area contributed by atoms with Crippen LogP contribution >= 0.6 is 0 Å². The molecule has 0 spiro atoms. The Labute approximate surface area is 166 Å². The summed E-state index contributed by atoms with van der Waals surface area (Å²) in [6.45, 7) is 12.0. The highest BCUT2D eigenvalue weighted by Crippen LogP contribution is 2.68. The van der Waals surface area contributed by atoms with Crippen molar-refractivity contribution in [2.45, 2.75) is 97.0 Å². The summed E-state index contributed by atoms with van der Waals surface area (Å²) in [5.41, 5.74) is 0.644. The van der Waals surface area contributed by atoms with Crippen molar-refractivity contribution in [2.24, 2.45) is 34.5 Å². The average Bonchev–Trinajstić information content (AvgIpc) is 3.34. The molecule has 4 aliphatic carbocycles. The van der Waals surface area contributed by atoms with E-state index < -0.39 is 0 Å². The monoisotopic (exact) mass is 376 g/mol. The molecule has 3 nitrogen and oxygen atoms in total. The number of aliphatic hydroxyl groups is 1. The van der Waals surface area contributed by atoms with Gasteiger partial charge in [0.25, 0.3) is 0 Å². The van der Waals surface area contributed by atoms with E-state index in [1.807, 2.05) is 0 Å². The molecule has 5 fully saturated rings. The summed E-state index contributed by atoms with van der Waals surface area (Å²) in [7, 11) is 2.38. The molecular formula is C24H42NO2+. The quantitative estimate of drug-likeness (QED) is 0.590. The summed E-state index contributed by atoms with van der Waals surface area (Å²) in [5.74, 6) is 3.32. The van der Waals surface area contributed by atoms with E-state index in [0.29, 0.717) is 23.7 Å². The van der Waals surface area contributed by atoms with Crippen LogP contribution in [0.1, 0.15) is 72.6 Å². The Hall–Kier alpha value is -0.120. The Kier molecular flexibility index (Phi) is 4.16. The molecule has 1 saturated heterocycles. The molecule has 0 amide bonds. The molecule has 1 N–H and O–H groups in total. The minimum absolute atomic E-state index is 0.124. The van der Waals surface area contributed by atoms with Gasteiger partial charge in [-0.25, -0.2) is 0 Å². The second-order valence-corrected chi connectivity index (χ2v) is 11.7. The standard InChI is InChI=1S/C24H42NO2/c1-6-25(5,7-2)19-13-18-16-9-8-15-12-20-21(27-20)14-24(15,4)17(16)10-11-23(18,3)22(19)26/h15-22,26H,6-14H2,1-5H3/q+1/t15-,16+,17-,18-,19-,20+,21-,22+,23-,24-/m0/s1. The molecule has 27 heavy (non-hydrogen) atoms. The van der Waals surface area contributed by atoms with Crippen LogP contribution in [0.4, 0.5) is 0 Å². The molecular weight excluding hydrogens is 334 g/mol. The zero-order valence-corrected chi connectivity index (χ0v) is 18.3. The summed E-state index contributed by atoms with van der Waals surface area (Å²) < 4.78 is 7.03. The highest BCUT2D eigenvalue weighted by atomic mass is 16.6. The number of hydrogen-bond donors (Lipinski definition) is 1. The third kappa shape index (κ3) is 2.43. The number of ether oxygens (including phenoxy) is 1. The first kappa shape index (κ1) is 18.9. The van der Waals surface area contributed by atoms with Gasteiger partial charge in [0, 0.05) is 11.8 Å². The van der Waals surface area contributed by atoms with Gasteiger partial charge in [0.05, 0.1) is 32.3 Å². The normalized spacial score (nSPS) is 56.7. The average molecular weight is 377 g/mol. The summed E-state index contributed by atoms with van der Waals surface area (Å²) in [6.07, 6.45) is 10.4. The van der Waals surface area contributed by atoms with E-state index in [2.05, 4.69) is 34.7 Å². The van der Waals surface area contributed by atoms with E-state index in [0.717, 1.165) is 41.2 Å². The number of quaternary nitrogens is 1. The first-order valence-corrected chi connectivity index (χ1v) is 11.9. The van der Waals surface area contributed by atoms with Crippen LogP contribution in [0.5, 0.6) is 0 Å². The number of rotatable bonds is 3. The van der Waals surface area contributed by atoms with Crippen molar-refractivity contribution in [3.05, 3.63) is 0 Å². The number of epoxide rings is 1. The Morgan fingerprint density at radius 1 is 0.963 bits per heavy atom. The second-order valence-electron chi connectivity index (χ2n) is 11.7. The van der Waals surface area contributed by atoms with Crippen LogP contribution < -0.4 is 0 Å². The van der Waals surface area contributed by atoms with Crippen molar-refractivity contribution < 1.29 is 14.3 Å². The first-order chi connectivity index (χ1) is 12.8. The number of hydrogen-bond acceptors (Lipinski definition) is 2. The molecule has 5 aliphatic rings. The predicted octanol–water partition coefficient (Wildman–Crippen LogP) is 4.23. The fraction of sp³-hybridized carbons (Fsp3) is 1.00. The maximum atomic E-state index is 11.5. The molecule has 3 heteroatoms. The van der Waals surface area contributed by atoms with Crippen molar-refractivity contribution in [3.63, 3.8) is 0 Å². The van der Waals surface area contributed by atoms with Crippen molar-refractivity contribution in [2.75, 3.05) is 20.1 Å². The van der Waals surface area contributed by atoms with Crippen LogP contribution in [-0.2, 0) is 4.74 Å². The minimum atomic E-state index is -0.124. The fourth-order valence-electron chi connectivity index (χ4n) is 8.80. The van der Waals surface area contributed by atoms with Crippen molar-refractivity contribution in [3.8, 4) is 0 Å². The SMILES string of the molecule is CC[N+](C)(CC)[C@H]1C[C@H]2[C@@H]3CC[C@H]4C[C@H]5O[C@H]5C[C@]4(C)[C@H]3CC[C@]2(C)[C@@H]1O. The summed E-state index contributed by atoms with van der Waals surface area (Å²) in [4.78, 5) is 0. The van der Waals surface area contributed by atoms with Crippen molar-refractivity contribution >= 4 is 0 Å². The van der Waals surface area contributed by atoms with E-state index in [1.165, 1.54) is 44.9 Å². The van der Waals surface area contributed by atoms with Gasteiger partial charge >= 0.3 is 0 Å². The minimum Gasteiger partial charge on any atom is -0.386 e. The van der Waals surface area contributed by atoms with Crippen LogP contribution in [-0.4, -0.2) is 54.1 Å². The Morgan fingerprint density at radius 3 is 2.41 bits per heavy atom. The molecule has 0 radical (unpaired) electrons. The van der Waals surface area contributed by atoms with E-state index in [9.17, 15) is 5.11 Å². The highest BCUT2D eigenvalue weighted by Gasteiger charge is 2.66. The summed E-state index contributed by atoms with van der Waals surface area (Å²) in [6, 6.07) is 0.432. The van der Waals surface area contributed by atoms with Crippen LogP contribution in [0.3, 0.4) is 0 Å². The van der Waals surface area contributed by atoms with Gasteiger partial charge in [-0.1, -0.05) is 13.8 Å². The Balaban J connectivity index is 1.44. The zero-order chi connectivity index (χ0) is 19.2. The fourth-order valence-corrected chi connectivity index (χ4v) is 8.80. The third-order valence-corrected chi connectivity index (χ3v) is 11.1. The van der Waals surface area contributed by atoms with Gasteiger partial charge < -0.3 is 14.3 Å². The van der Waals surface area contributed by atoms with Gasteiger partial charge in [0.15, 0.2) is 0 Å². The molecule has 5 rings (SSSR count).